The zero-order valence-electron chi connectivity index (χ0n) is 16.6. The topological polar surface area (TPSA) is 87.3 Å². The van der Waals surface area contributed by atoms with Crippen molar-refractivity contribution in [2.45, 2.75) is 6.04 Å². The highest BCUT2D eigenvalue weighted by molar-refractivity contribution is 5.67. The summed E-state index contributed by atoms with van der Waals surface area (Å²) in [6.45, 7) is 0. The van der Waals surface area contributed by atoms with Crippen molar-refractivity contribution >= 4 is 5.69 Å². The van der Waals surface area contributed by atoms with Gasteiger partial charge in [-0.1, -0.05) is 42.5 Å². The molecule has 4 aromatic rings. The van der Waals surface area contributed by atoms with Crippen LogP contribution in [0.25, 0.3) is 5.69 Å². The summed E-state index contributed by atoms with van der Waals surface area (Å²) in [6.07, 6.45) is 0. The Bertz CT molecular complexity index is 1240. The first-order chi connectivity index (χ1) is 15.1. The molecule has 1 atom stereocenters. The van der Waals surface area contributed by atoms with Gasteiger partial charge < -0.3 is 24.9 Å². The quantitative estimate of drug-likeness (QED) is 0.454. The molecule has 1 aromatic heterocycles. The van der Waals surface area contributed by atoms with Gasteiger partial charge in [-0.2, -0.15) is 5.06 Å². The van der Waals surface area contributed by atoms with Gasteiger partial charge in [0.1, 0.15) is 6.04 Å². The minimum Gasteiger partial charge on any atom is -0.504 e. The number of methoxy groups -OCH3 is 1. The van der Waals surface area contributed by atoms with E-state index < -0.39 is 6.04 Å². The van der Waals surface area contributed by atoms with Crippen molar-refractivity contribution < 1.29 is 24.9 Å². The average Bonchev–Trinajstić information content (AvgIpc) is 3.31. The number of hydrogen-bond acceptors (Lipinski definition) is 6. The number of nitrogens with zero attached hydrogens (tertiary/aromatic N) is 2. The molecule has 0 bridgehead atoms. The third-order valence-corrected chi connectivity index (χ3v) is 5.35. The summed E-state index contributed by atoms with van der Waals surface area (Å²) in [5, 5.41) is 33.8. The predicted molar refractivity (Wildman–Crippen MR) is 115 cm³/mol. The van der Waals surface area contributed by atoms with Gasteiger partial charge in [0.05, 0.1) is 24.0 Å². The molecule has 7 nitrogen and oxygen atoms in total. The van der Waals surface area contributed by atoms with E-state index >= 15 is 0 Å². The number of aromatic hydroxyl groups is 3. The molecule has 0 radical (unpaired) electrons. The second-order valence-corrected chi connectivity index (χ2v) is 7.15. The molecule has 0 fully saturated rings. The molecule has 0 aliphatic carbocycles. The smallest absolute Gasteiger partial charge is 0.246 e. The van der Waals surface area contributed by atoms with Crippen molar-refractivity contribution in [3.8, 4) is 34.7 Å². The highest BCUT2D eigenvalue weighted by Gasteiger charge is 2.43. The van der Waals surface area contributed by atoms with Gasteiger partial charge in [0.25, 0.3) is 0 Å². The summed E-state index contributed by atoms with van der Waals surface area (Å²) in [5.74, 6) is 0.139. The zero-order valence-corrected chi connectivity index (χ0v) is 16.6. The van der Waals surface area contributed by atoms with Crippen LogP contribution in [-0.2, 0) is 0 Å². The Hall–Kier alpha value is -4.26. The Kier molecular flexibility index (Phi) is 4.36. The lowest BCUT2D eigenvalue weighted by molar-refractivity contribution is 0.272. The van der Waals surface area contributed by atoms with E-state index in [0.29, 0.717) is 22.6 Å². The van der Waals surface area contributed by atoms with Crippen LogP contribution in [0.3, 0.4) is 0 Å². The number of phenols is 1. The molecular weight excluding hydrogens is 396 g/mol. The molecule has 1 aliphatic rings. The Labute approximate surface area is 178 Å². The molecule has 156 valence electrons. The van der Waals surface area contributed by atoms with Gasteiger partial charge >= 0.3 is 0 Å². The van der Waals surface area contributed by atoms with Crippen LogP contribution in [0.4, 0.5) is 5.69 Å². The lowest BCUT2D eigenvalue weighted by Crippen LogP contribution is -2.27. The zero-order chi connectivity index (χ0) is 21.5. The van der Waals surface area contributed by atoms with E-state index in [1.165, 1.54) is 17.7 Å². The number of aromatic nitrogens is 1. The number of para-hydroxylation sites is 2. The lowest BCUT2D eigenvalue weighted by Gasteiger charge is -2.26. The van der Waals surface area contributed by atoms with Crippen LogP contribution in [0.2, 0.25) is 0 Å². The summed E-state index contributed by atoms with van der Waals surface area (Å²) in [6, 6.07) is 22.8. The minimum atomic E-state index is -0.595. The van der Waals surface area contributed by atoms with E-state index in [9.17, 15) is 15.3 Å². The summed E-state index contributed by atoms with van der Waals surface area (Å²) >= 11 is 0. The molecule has 31 heavy (non-hydrogen) atoms. The van der Waals surface area contributed by atoms with Gasteiger partial charge in [0.15, 0.2) is 11.5 Å². The first-order valence-corrected chi connectivity index (χ1v) is 9.71. The predicted octanol–water partition coefficient (Wildman–Crippen LogP) is 4.51. The van der Waals surface area contributed by atoms with E-state index in [-0.39, 0.29) is 23.3 Å². The Balaban J connectivity index is 1.72. The number of anilines is 1. The third kappa shape index (κ3) is 2.90. The Morgan fingerprint density at radius 1 is 0.806 bits per heavy atom. The van der Waals surface area contributed by atoms with Crippen LogP contribution >= 0.6 is 0 Å². The van der Waals surface area contributed by atoms with Crippen LogP contribution in [0.15, 0.2) is 78.9 Å². The van der Waals surface area contributed by atoms with Crippen LogP contribution in [-0.4, -0.2) is 27.0 Å². The minimum absolute atomic E-state index is 0.00516. The largest absolute Gasteiger partial charge is 0.504 e. The summed E-state index contributed by atoms with van der Waals surface area (Å²) in [7, 11) is 1.47. The molecule has 0 spiro atoms. The van der Waals surface area contributed by atoms with Gasteiger partial charge in [-0.25, -0.2) is 4.57 Å². The standard InChI is InChI=1S/C24H20N2O5/c1-30-19-14-15(12-13-18(19)27)21-20-22(31-26(21)17-10-6-3-7-11-17)24(29)25(23(20)28)16-8-4-2-5-9-16/h2-14,21,27-29H,1H3. The van der Waals surface area contributed by atoms with Crippen molar-refractivity contribution in [3.05, 3.63) is 90.0 Å². The second kappa shape index (κ2) is 7.21. The van der Waals surface area contributed by atoms with E-state index in [1.807, 2.05) is 48.5 Å². The maximum Gasteiger partial charge on any atom is 0.246 e. The number of fused-ring (bicyclic) bond motifs is 1. The fourth-order valence-corrected chi connectivity index (χ4v) is 3.91. The fourth-order valence-electron chi connectivity index (χ4n) is 3.91. The number of hydrogen-bond donors (Lipinski definition) is 3. The third-order valence-electron chi connectivity index (χ3n) is 5.35. The number of benzene rings is 3. The highest BCUT2D eigenvalue weighted by atomic mass is 16.7. The van der Waals surface area contributed by atoms with Gasteiger partial charge in [-0.05, 0) is 42.0 Å². The molecule has 1 unspecified atom stereocenters. The fraction of sp³-hybridized carbons (Fsp3) is 0.0833. The van der Waals surface area contributed by atoms with Gasteiger partial charge in [-0.15, -0.1) is 0 Å². The number of phenolic OH excluding ortho intramolecular Hbond substituents is 1. The molecule has 2 heterocycles. The summed E-state index contributed by atoms with van der Waals surface area (Å²) in [5.41, 5.74) is 2.46. The normalized spacial score (nSPS) is 14.9. The van der Waals surface area contributed by atoms with E-state index in [4.69, 9.17) is 9.57 Å². The number of ether oxygens (including phenoxy) is 1. The van der Waals surface area contributed by atoms with Gasteiger partial charge in [0.2, 0.25) is 17.5 Å². The lowest BCUT2D eigenvalue weighted by atomic mass is 9.99. The van der Waals surface area contributed by atoms with Crippen molar-refractivity contribution in [1.82, 2.24) is 4.57 Å². The van der Waals surface area contributed by atoms with E-state index in [1.54, 1.807) is 29.3 Å². The first kappa shape index (κ1) is 18.7. The van der Waals surface area contributed by atoms with Crippen LogP contribution in [0.1, 0.15) is 17.2 Å². The summed E-state index contributed by atoms with van der Waals surface area (Å²) < 4.78 is 6.62. The monoisotopic (exact) mass is 416 g/mol. The molecule has 1 aliphatic heterocycles. The van der Waals surface area contributed by atoms with E-state index in [0.717, 1.165) is 5.69 Å². The molecule has 5 rings (SSSR count). The second-order valence-electron chi connectivity index (χ2n) is 7.15. The first-order valence-electron chi connectivity index (χ1n) is 9.71. The Morgan fingerprint density at radius 3 is 2.10 bits per heavy atom. The molecular formula is C24H20N2O5. The highest BCUT2D eigenvalue weighted by Crippen LogP contribution is 2.55. The van der Waals surface area contributed by atoms with Crippen LogP contribution < -0.4 is 14.6 Å². The maximum absolute atomic E-state index is 11.2. The van der Waals surface area contributed by atoms with Crippen LogP contribution in [0, 0.1) is 0 Å². The van der Waals surface area contributed by atoms with Crippen molar-refractivity contribution in [2.24, 2.45) is 0 Å². The van der Waals surface area contributed by atoms with Gasteiger partial charge in [-0.3, -0.25) is 0 Å². The molecule has 3 aromatic carbocycles. The SMILES string of the molecule is COc1cc(C2c3c(c(O)n(-c4ccccc4)c3O)ON2c2ccccc2)ccc1O. The molecule has 0 amide bonds. The maximum atomic E-state index is 11.2. The average molecular weight is 416 g/mol. The van der Waals surface area contributed by atoms with Crippen molar-refractivity contribution in [1.29, 1.82) is 0 Å². The number of hydroxylamine groups is 1. The molecule has 0 saturated carbocycles. The summed E-state index contributed by atoms with van der Waals surface area (Å²) in [4.78, 5) is 6.08. The van der Waals surface area contributed by atoms with Crippen molar-refractivity contribution in [2.75, 3.05) is 12.2 Å². The van der Waals surface area contributed by atoms with Gasteiger partial charge in [0, 0.05) is 0 Å². The van der Waals surface area contributed by atoms with Crippen molar-refractivity contribution in [3.63, 3.8) is 0 Å². The Morgan fingerprint density at radius 2 is 1.45 bits per heavy atom. The molecule has 0 saturated heterocycles. The van der Waals surface area contributed by atoms with Crippen LogP contribution in [0.5, 0.6) is 29.0 Å². The number of rotatable bonds is 4. The van der Waals surface area contributed by atoms with E-state index in [2.05, 4.69) is 0 Å². The molecule has 3 N–H and O–H groups in total. The molecule has 7 heteroatoms.